The van der Waals surface area contributed by atoms with Crippen LogP contribution in [0.15, 0.2) is 35.5 Å². The van der Waals surface area contributed by atoms with Gasteiger partial charge in [0.2, 0.25) is 5.16 Å². The number of aromatic nitrogens is 4. The van der Waals surface area contributed by atoms with E-state index in [1.54, 1.807) is 16.4 Å². The monoisotopic (exact) mass is 275 g/mol. The molecule has 1 saturated carbocycles. The number of nitrogens with two attached hydrogens (primary N) is 1. The van der Waals surface area contributed by atoms with Crippen molar-refractivity contribution in [3.05, 3.63) is 30.3 Å². The van der Waals surface area contributed by atoms with Crippen LogP contribution in [0, 0.1) is 5.41 Å². The molecule has 0 bridgehead atoms. The predicted molar refractivity (Wildman–Crippen MR) is 75.2 cm³/mol. The Morgan fingerprint density at radius 2 is 2.05 bits per heavy atom. The van der Waals surface area contributed by atoms with Crippen LogP contribution in [-0.4, -0.2) is 32.5 Å². The summed E-state index contributed by atoms with van der Waals surface area (Å²) in [5.74, 6) is 1.05. The van der Waals surface area contributed by atoms with E-state index < -0.39 is 0 Å². The fourth-order valence-electron chi connectivity index (χ4n) is 2.17. The van der Waals surface area contributed by atoms with Crippen molar-refractivity contribution in [2.45, 2.75) is 24.4 Å². The minimum atomic E-state index is 0.437. The number of hydrogen-bond acceptors (Lipinski definition) is 5. The van der Waals surface area contributed by atoms with E-state index in [0.29, 0.717) is 5.41 Å². The summed E-state index contributed by atoms with van der Waals surface area (Å²) in [7, 11) is 0. The molecule has 0 amide bonds. The first kappa shape index (κ1) is 12.6. The second-order valence-corrected chi connectivity index (χ2v) is 5.98. The Labute approximate surface area is 116 Å². The summed E-state index contributed by atoms with van der Waals surface area (Å²) < 4.78 is 1.79. The molecule has 1 fully saturated rings. The highest BCUT2D eigenvalue weighted by Crippen LogP contribution is 2.51. The first-order valence-electron chi connectivity index (χ1n) is 6.50. The lowest BCUT2D eigenvalue weighted by atomic mass is 10.1. The minimum Gasteiger partial charge on any atom is -0.330 e. The molecule has 3 rings (SSSR count). The Hall–Kier alpha value is -1.40. The van der Waals surface area contributed by atoms with Gasteiger partial charge in [-0.1, -0.05) is 30.0 Å². The molecule has 2 aromatic rings. The molecular formula is C13H17N5S. The Bertz CT molecular complexity index is 535. The highest BCUT2D eigenvalue weighted by atomic mass is 32.2. The van der Waals surface area contributed by atoms with E-state index in [2.05, 4.69) is 15.5 Å². The molecule has 19 heavy (non-hydrogen) atoms. The lowest BCUT2D eigenvalue weighted by molar-refractivity contribution is 0.536. The lowest BCUT2D eigenvalue weighted by Crippen LogP contribution is -2.12. The molecule has 0 spiro atoms. The van der Waals surface area contributed by atoms with Crippen LogP contribution in [0.3, 0.4) is 0 Å². The summed E-state index contributed by atoms with van der Waals surface area (Å²) in [5, 5.41) is 12.8. The zero-order chi connectivity index (χ0) is 13.1. The third-order valence-electron chi connectivity index (χ3n) is 3.58. The van der Waals surface area contributed by atoms with Crippen LogP contribution in [0.2, 0.25) is 0 Å². The highest BCUT2D eigenvalue weighted by Gasteiger charge is 2.41. The molecule has 100 valence electrons. The van der Waals surface area contributed by atoms with Gasteiger partial charge in [-0.3, -0.25) is 0 Å². The van der Waals surface area contributed by atoms with Crippen LogP contribution in [0.4, 0.5) is 0 Å². The zero-order valence-electron chi connectivity index (χ0n) is 10.7. The van der Waals surface area contributed by atoms with Gasteiger partial charge in [-0.2, -0.15) is 4.68 Å². The zero-order valence-corrected chi connectivity index (χ0v) is 11.5. The van der Waals surface area contributed by atoms with Crippen LogP contribution >= 0.6 is 11.8 Å². The Morgan fingerprint density at radius 1 is 1.26 bits per heavy atom. The highest BCUT2D eigenvalue weighted by molar-refractivity contribution is 7.99. The first-order chi connectivity index (χ1) is 9.33. The number of rotatable bonds is 6. The van der Waals surface area contributed by atoms with Crippen molar-refractivity contribution in [3.63, 3.8) is 0 Å². The number of thioether (sulfide) groups is 1. The van der Waals surface area contributed by atoms with Gasteiger partial charge in [0.25, 0.3) is 0 Å². The van der Waals surface area contributed by atoms with Crippen LogP contribution in [-0.2, 0) is 0 Å². The molecule has 2 N–H and O–H groups in total. The SMILES string of the molecule is NCCC1(CSc2nnnn2-c2ccccc2)CC1. The molecule has 0 atom stereocenters. The smallest absolute Gasteiger partial charge is 0.214 e. The molecule has 0 aliphatic heterocycles. The van der Waals surface area contributed by atoms with E-state index in [9.17, 15) is 0 Å². The Kier molecular flexibility index (Phi) is 3.52. The van der Waals surface area contributed by atoms with Gasteiger partial charge in [-0.15, -0.1) is 5.10 Å². The number of benzene rings is 1. The van der Waals surface area contributed by atoms with Gasteiger partial charge in [0.05, 0.1) is 5.69 Å². The maximum absolute atomic E-state index is 5.67. The van der Waals surface area contributed by atoms with E-state index in [-0.39, 0.29) is 0 Å². The van der Waals surface area contributed by atoms with Gasteiger partial charge in [0.1, 0.15) is 0 Å². The molecule has 1 aliphatic rings. The largest absolute Gasteiger partial charge is 0.330 e. The topological polar surface area (TPSA) is 69.6 Å². The van der Waals surface area contributed by atoms with E-state index in [1.165, 1.54) is 12.8 Å². The second kappa shape index (κ2) is 5.30. The Morgan fingerprint density at radius 3 is 2.74 bits per heavy atom. The van der Waals surface area contributed by atoms with E-state index in [0.717, 1.165) is 29.6 Å². The summed E-state index contributed by atoms with van der Waals surface area (Å²) in [5.41, 5.74) is 7.11. The summed E-state index contributed by atoms with van der Waals surface area (Å²) in [6.45, 7) is 0.768. The van der Waals surface area contributed by atoms with Crippen molar-refractivity contribution < 1.29 is 0 Å². The fourth-order valence-corrected chi connectivity index (χ4v) is 3.39. The van der Waals surface area contributed by atoms with Crippen molar-refractivity contribution in [2.24, 2.45) is 11.1 Å². The third kappa shape index (κ3) is 2.79. The summed E-state index contributed by atoms with van der Waals surface area (Å²) >= 11 is 1.73. The number of tetrazole rings is 1. The average Bonchev–Trinajstić information content (AvgIpc) is 3.05. The molecule has 5 nitrogen and oxygen atoms in total. The van der Waals surface area contributed by atoms with Crippen molar-refractivity contribution in [3.8, 4) is 5.69 Å². The van der Waals surface area contributed by atoms with Gasteiger partial charge >= 0.3 is 0 Å². The van der Waals surface area contributed by atoms with Crippen molar-refractivity contribution in [1.82, 2.24) is 20.2 Å². The normalized spacial score (nSPS) is 16.5. The maximum atomic E-state index is 5.67. The molecule has 0 radical (unpaired) electrons. The van der Waals surface area contributed by atoms with Gasteiger partial charge in [0.15, 0.2) is 0 Å². The van der Waals surface area contributed by atoms with Crippen molar-refractivity contribution in [2.75, 3.05) is 12.3 Å². The summed E-state index contributed by atoms with van der Waals surface area (Å²) in [6.07, 6.45) is 3.67. The van der Waals surface area contributed by atoms with Crippen LogP contribution in [0.25, 0.3) is 5.69 Å². The third-order valence-corrected chi connectivity index (χ3v) is 4.85. The quantitative estimate of drug-likeness (QED) is 0.815. The molecule has 6 heteroatoms. The van der Waals surface area contributed by atoms with Crippen molar-refractivity contribution in [1.29, 1.82) is 0 Å². The first-order valence-corrected chi connectivity index (χ1v) is 7.48. The van der Waals surface area contributed by atoms with Gasteiger partial charge in [0, 0.05) is 5.75 Å². The van der Waals surface area contributed by atoms with Gasteiger partial charge < -0.3 is 5.73 Å². The molecule has 1 heterocycles. The number of para-hydroxylation sites is 1. The lowest BCUT2D eigenvalue weighted by Gasteiger charge is -2.12. The molecule has 1 aromatic heterocycles. The van der Waals surface area contributed by atoms with Crippen LogP contribution < -0.4 is 5.73 Å². The molecule has 1 aromatic carbocycles. The van der Waals surface area contributed by atoms with Crippen LogP contribution in [0.5, 0.6) is 0 Å². The van der Waals surface area contributed by atoms with Gasteiger partial charge in [-0.25, -0.2) is 0 Å². The molecule has 0 saturated heterocycles. The molecule has 0 unspecified atom stereocenters. The van der Waals surface area contributed by atoms with Crippen LogP contribution in [0.1, 0.15) is 19.3 Å². The maximum Gasteiger partial charge on any atom is 0.214 e. The summed E-state index contributed by atoms with van der Waals surface area (Å²) in [4.78, 5) is 0. The summed E-state index contributed by atoms with van der Waals surface area (Å²) in [6, 6.07) is 9.98. The van der Waals surface area contributed by atoms with E-state index in [4.69, 9.17) is 5.73 Å². The molecular weight excluding hydrogens is 258 g/mol. The second-order valence-electron chi connectivity index (χ2n) is 5.04. The van der Waals surface area contributed by atoms with E-state index in [1.807, 2.05) is 30.3 Å². The molecule has 1 aliphatic carbocycles. The Balaban J connectivity index is 1.71. The van der Waals surface area contributed by atoms with Crippen molar-refractivity contribution >= 4 is 11.8 Å². The minimum absolute atomic E-state index is 0.437. The predicted octanol–water partition coefficient (Wildman–Crippen LogP) is 1.88. The van der Waals surface area contributed by atoms with Gasteiger partial charge in [-0.05, 0) is 53.8 Å². The fraction of sp³-hybridized carbons (Fsp3) is 0.462. The average molecular weight is 275 g/mol. The van der Waals surface area contributed by atoms with E-state index >= 15 is 0 Å². The number of nitrogens with zero attached hydrogens (tertiary/aromatic N) is 4. The standard InChI is InChI=1S/C13H17N5S/c14-9-8-13(6-7-13)10-19-12-15-16-17-18(12)11-4-2-1-3-5-11/h1-5H,6-10,14H2. The number of hydrogen-bond donors (Lipinski definition) is 1.